The number of fused-ring (bicyclic) bond motifs is 3. The van der Waals surface area contributed by atoms with Crippen LogP contribution in [0.15, 0.2) is 72.8 Å². The van der Waals surface area contributed by atoms with Crippen molar-refractivity contribution in [2.75, 3.05) is 25.1 Å². The van der Waals surface area contributed by atoms with Crippen molar-refractivity contribution in [2.45, 2.75) is 84.0 Å². The quantitative estimate of drug-likeness (QED) is 0.101. The van der Waals surface area contributed by atoms with Crippen molar-refractivity contribution >= 4 is 29.8 Å². The predicted octanol–water partition coefficient (Wildman–Crippen LogP) is 6.95. The van der Waals surface area contributed by atoms with Crippen molar-refractivity contribution in [3.05, 3.63) is 83.9 Å². The number of benzene rings is 3. The highest BCUT2D eigenvalue weighted by Gasteiger charge is 2.30. The summed E-state index contributed by atoms with van der Waals surface area (Å²) in [5, 5.41) is 8.13. The molecule has 3 amide bonds. The Morgan fingerprint density at radius 3 is 1.94 bits per heavy atom. The Labute approximate surface area is 288 Å². The van der Waals surface area contributed by atoms with E-state index in [4.69, 9.17) is 18.9 Å². The molecule has 262 valence electrons. The zero-order valence-electron chi connectivity index (χ0n) is 29.1. The highest BCUT2D eigenvalue weighted by molar-refractivity contribution is 5.96. The highest BCUT2D eigenvalue weighted by atomic mass is 16.6. The van der Waals surface area contributed by atoms with Crippen LogP contribution in [0.3, 0.4) is 0 Å². The molecule has 3 aromatic rings. The summed E-state index contributed by atoms with van der Waals surface area (Å²) in [6, 6.07) is 21.7. The van der Waals surface area contributed by atoms with Crippen LogP contribution in [0.2, 0.25) is 0 Å². The molecule has 11 nitrogen and oxygen atoms in total. The number of rotatable bonds is 13. The molecule has 4 rings (SSSR count). The molecular weight excluding hydrogens is 626 g/mol. The van der Waals surface area contributed by atoms with Gasteiger partial charge in [0.25, 0.3) is 0 Å². The largest absolute Gasteiger partial charge is 0.494 e. The van der Waals surface area contributed by atoms with Gasteiger partial charge in [-0.15, -0.1) is 0 Å². The number of amides is 3. The molecule has 0 heterocycles. The van der Waals surface area contributed by atoms with Crippen molar-refractivity contribution < 1.29 is 38.1 Å². The second-order valence-corrected chi connectivity index (χ2v) is 13.8. The van der Waals surface area contributed by atoms with Gasteiger partial charge in [-0.05, 0) is 101 Å². The lowest BCUT2D eigenvalue weighted by molar-refractivity contribution is -0.155. The van der Waals surface area contributed by atoms with Crippen LogP contribution in [0.5, 0.6) is 5.75 Å². The molecule has 3 N–H and O–H groups in total. The van der Waals surface area contributed by atoms with Gasteiger partial charge in [0, 0.05) is 24.6 Å². The number of esters is 1. The van der Waals surface area contributed by atoms with Gasteiger partial charge in [-0.2, -0.15) is 0 Å². The van der Waals surface area contributed by atoms with E-state index >= 15 is 0 Å². The van der Waals surface area contributed by atoms with Crippen LogP contribution in [0.4, 0.5) is 15.3 Å². The molecule has 0 bridgehead atoms. The monoisotopic (exact) mass is 673 g/mol. The Morgan fingerprint density at radius 2 is 1.35 bits per heavy atom. The minimum absolute atomic E-state index is 0.00344. The first-order chi connectivity index (χ1) is 23.2. The van der Waals surface area contributed by atoms with Crippen LogP contribution in [0.25, 0.3) is 11.1 Å². The molecule has 3 aromatic carbocycles. The SMILES string of the molecule is CC(C)(C)OC(=O)CC[C@H](NC(=O)OCC1c2ccccc2-c2ccccc21)C(=O)Nc1ccc(OCCCNC(=O)OC(C)(C)C)cc1. The number of hydrogen-bond donors (Lipinski definition) is 3. The van der Waals surface area contributed by atoms with Gasteiger partial charge < -0.3 is 34.9 Å². The van der Waals surface area contributed by atoms with Gasteiger partial charge >= 0.3 is 18.2 Å². The first kappa shape index (κ1) is 36.8. The lowest BCUT2D eigenvalue weighted by Crippen LogP contribution is -2.44. The number of alkyl carbamates (subject to hydrolysis) is 2. The first-order valence-electron chi connectivity index (χ1n) is 16.5. The summed E-state index contributed by atoms with van der Waals surface area (Å²) >= 11 is 0. The van der Waals surface area contributed by atoms with E-state index in [9.17, 15) is 19.2 Å². The van der Waals surface area contributed by atoms with Crippen LogP contribution in [0.1, 0.15) is 77.8 Å². The van der Waals surface area contributed by atoms with Crippen LogP contribution in [0, 0.1) is 0 Å². The van der Waals surface area contributed by atoms with Crippen molar-refractivity contribution in [3.8, 4) is 16.9 Å². The van der Waals surface area contributed by atoms with Crippen LogP contribution in [-0.2, 0) is 23.8 Å². The molecule has 0 aromatic heterocycles. The van der Waals surface area contributed by atoms with Crippen molar-refractivity contribution in [1.29, 1.82) is 0 Å². The van der Waals surface area contributed by atoms with Gasteiger partial charge in [0.05, 0.1) is 6.61 Å². The zero-order valence-corrected chi connectivity index (χ0v) is 29.1. The summed E-state index contributed by atoms with van der Waals surface area (Å²) in [7, 11) is 0. The number of carbonyl (C=O) groups is 4. The van der Waals surface area contributed by atoms with Gasteiger partial charge in [-0.25, -0.2) is 9.59 Å². The molecule has 0 fully saturated rings. The minimum Gasteiger partial charge on any atom is -0.494 e. The maximum absolute atomic E-state index is 13.4. The normalized spacial score (nSPS) is 12.9. The summed E-state index contributed by atoms with van der Waals surface area (Å²) in [5.74, 6) is -0.566. The second-order valence-electron chi connectivity index (χ2n) is 13.8. The van der Waals surface area contributed by atoms with E-state index in [1.54, 1.807) is 65.8 Å². The number of hydrogen-bond acceptors (Lipinski definition) is 8. The average Bonchev–Trinajstić information content (AvgIpc) is 3.34. The highest BCUT2D eigenvalue weighted by Crippen LogP contribution is 2.44. The number of nitrogens with one attached hydrogen (secondary N) is 3. The van der Waals surface area contributed by atoms with E-state index in [2.05, 4.69) is 28.1 Å². The maximum Gasteiger partial charge on any atom is 0.407 e. The Hall–Kier alpha value is -5.06. The maximum atomic E-state index is 13.4. The summed E-state index contributed by atoms with van der Waals surface area (Å²) in [6.07, 6.45) is -0.766. The first-order valence-corrected chi connectivity index (χ1v) is 16.5. The van der Waals surface area contributed by atoms with Gasteiger partial charge in [0.2, 0.25) is 5.91 Å². The van der Waals surface area contributed by atoms with Crippen LogP contribution in [-0.4, -0.2) is 61.1 Å². The third-order valence-corrected chi connectivity index (χ3v) is 7.39. The fraction of sp³-hybridized carbons (Fsp3) is 0.421. The fourth-order valence-corrected chi connectivity index (χ4v) is 5.34. The fourth-order valence-electron chi connectivity index (χ4n) is 5.34. The smallest absolute Gasteiger partial charge is 0.407 e. The molecule has 0 aliphatic heterocycles. The number of carbonyl (C=O) groups excluding carboxylic acids is 4. The molecule has 0 unspecified atom stereocenters. The molecule has 11 heteroatoms. The Morgan fingerprint density at radius 1 is 0.755 bits per heavy atom. The summed E-state index contributed by atoms with van der Waals surface area (Å²) in [6.45, 7) is 11.5. The van der Waals surface area contributed by atoms with Gasteiger partial charge in [0.1, 0.15) is 29.6 Å². The van der Waals surface area contributed by atoms with Gasteiger partial charge in [0.15, 0.2) is 0 Å². The van der Waals surface area contributed by atoms with Crippen LogP contribution >= 0.6 is 0 Å². The summed E-state index contributed by atoms with van der Waals surface area (Å²) in [5.41, 5.74) is 3.57. The lowest BCUT2D eigenvalue weighted by atomic mass is 9.98. The third kappa shape index (κ3) is 11.5. The Kier molecular flexibility index (Phi) is 12.3. The molecule has 1 aliphatic rings. The van der Waals surface area contributed by atoms with Crippen molar-refractivity contribution in [1.82, 2.24) is 10.6 Å². The molecule has 49 heavy (non-hydrogen) atoms. The topological polar surface area (TPSA) is 141 Å². The van der Waals surface area contributed by atoms with Gasteiger partial charge in [-0.3, -0.25) is 9.59 Å². The second kappa shape index (κ2) is 16.4. The third-order valence-electron chi connectivity index (χ3n) is 7.39. The van der Waals surface area contributed by atoms with Gasteiger partial charge in [-0.1, -0.05) is 48.5 Å². The summed E-state index contributed by atoms with van der Waals surface area (Å²) in [4.78, 5) is 50.7. The molecule has 0 saturated heterocycles. The van der Waals surface area contributed by atoms with Crippen molar-refractivity contribution in [2.24, 2.45) is 0 Å². The van der Waals surface area contributed by atoms with Crippen LogP contribution < -0.4 is 20.7 Å². The zero-order chi connectivity index (χ0) is 35.6. The molecular formula is C38H47N3O8. The van der Waals surface area contributed by atoms with E-state index in [0.29, 0.717) is 31.0 Å². The van der Waals surface area contributed by atoms with E-state index in [-0.39, 0.29) is 25.4 Å². The van der Waals surface area contributed by atoms with E-state index in [0.717, 1.165) is 22.3 Å². The average molecular weight is 674 g/mol. The number of ether oxygens (including phenoxy) is 4. The molecule has 1 atom stereocenters. The van der Waals surface area contributed by atoms with E-state index in [1.165, 1.54) is 0 Å². The lowest BCUT2D eigenvalue weighted by Gasteiger charge is -2.22. The molecule has 1 aliphatic carbocycles. The van der Waals surface area contributed by atoms with Crippen molar-refractivity contribution in [3.63, 3.8) is 0 Å². The summed E-state index contributed by atoms with van der Waals surface area (Å²) < 4.78 is 22.0. The molecule has 0 saturated carbocycles. The Balaban J connectivity index is 1.32. The van der Waals surface area contributed by atoms with E-state index in [1.807, 2.05) is 36.4 Å². The predicted molar refractivity (Wildman–Crippen MR) is 186 cm³/mol. The standard InChI is InChI=1S/C38H47N3O8/c1-37(2,3)48-33(42)21-20-32(41-36(45)47-24-31-29-14-9-7-12-27(29)28-13-8-10-15-30(28)31)34(43)40-25-16-18-26(19-17-25)46-23-11-22-39-35(44)49-38(4,5)6/h7-10,12-19,31-32H,11,20-24H2,1-6H3,(H,39,44)(H,40,43)(H,41,45)/t32-/m0/s1. The Bertz CT molecular complexity index is 1560. The van der Waals surface area contributed by atoms with E-state index < -0.39 is 41.3 Å². The minimum atomic E-state index is -1.07. The number of anilines is 1. The molecule has 0 spiro atoms. The molecule has 0 radical (unpaired) electrons.